The second kappa shape index (κ2) is 11.0. The second-order valence-corrected chi connectivity index (χ2v) is 10.3. The average molecular weight is 518 g/mol. The highest BCUT2D eigenvalue weighted by Gasteiger charge is 2.29. The third kappa shape index (κ3) is 5.05. The maximum absolute atomic E-state index is 15.8. The molecule has 1 fully saturated rings. The summed E-state index contributed by atoms with van der Waals surface area (Å²) < 4.78 is 21.4. The van der Waals surface area contributed by atoms with Crippen LogP contribution in [0.3, 0.4) is 0 Å². The number of rotatable bonds is 7. The highest BCUT2D eigenvalue weighted by Crippen LogP contribution is 2.41. The Morgan fingerprint density at radius 2 is 2.03 bits per heavy atom. The van der Waals surface area contributed by atoms with Crippen LogP contribution in [-0.4, -0.2) is 74.1 Å². The fourth-order valence-electron chi connectivity index (χ4n) is 5.59. The molecule has 0 radical (unpaired) electrons. The predicted octanol–water partition coefficient (Wildman–Crippen LogP) is 5.05. The van der Waals surface area contributed by atoms with Crippen LogP contribution in [0.15, 0.2) is 48.7 Å². The summed E-state index contributed by atoms with van der Waals surface area (Å²) in [4.78, 5) is 21.7. The molecule has 38 heavy (non-hydrogen) atoms. The molecule has 1 aromatic heterocycles. The van der Waals surface area contributed by atoms with Gasteiger partial charge in [-0.25, -0.2) is 9.37 Å². The number of para-hydroxylation sites is 1. The Labute approximate surface area is 224 Å². The van der Waals surface area contributed by atoms with Crippen LogP contribution < -0.4 is 15.4 Å². The van der Waals surface area contributed by atoms with Gasteiger partial charge in [0.05, 0.1) is 18.4 Å². The normalized spacial score (nSPS) is 19.0. The lowest BCUT2D eigenvalue weighted by Crippen LogP contribution is -2.42. The van der Waals surface area contributed by atoms with E-state index in [-0.39, 0.29) is 23.6 Å². The molecule has 5 rings (SSSR count). The number of carbonyl (C=O) groups is 1. The number of likely N-dealkylation sites (N-methyl/N-ethyl adjacent to an activating group) is 1. The Kier molecular flexibility index (Phi) is 7.51. The number of anilines is 2. The molecule has 0 spiro atoms. The van der Waals surface area contributed by atoms with Gasteiger partial charge in [0.15, 0.2) is 0 Å². The summed E-state index contributed by atoms with van der Waals surface area (Å²) >= 11 is 0. The van der Waals surface area contributed by atoms with Crippen molar-refractivity contribution >= 4 is 17.4 Å². The number of methoxy groups -OCH3 is 1. The van der Waals surface area contributed by atoms with Gasteiger partial charge in [0, 0.05) is 62.0 Å². The van der Waals surface area contributed by atoms with E-state index in [1.807, 2.05) is 24.3 Å². The molecular formula is C30H36FN5O2. The number of pyridine rings is 1. The minimum atomic E-state index is -0.429. The summed E-state index contributed by atoms with van der Waals surface area (Å²) in [6, 6.07) is 13.4. The number of piperidine rings is 1. The van der Waals surface area contributed by atoms with Crippen molar-refractivity contribution in [2.75, 3.05) is 58.0 Å². The van der Waals surface area contributed by atoms with Crippen molar-refractivity contribution in [2.45, 2.75) is 31.7 Å². The van der Waals surface area contributed by atoms with Crippen LogP contribution in [0.2, 0.25) is 0 Å². The van der Waals surface area contributed by atoms with Crippen LogP contribution in [0.25, 0.3) is 11.1 Å². The standard InChI is InChI=1S/C30H36FN5O2/c1-5-36-12-8-9-21(18-36)34-28-24(30(37)35(2)3)13-19(15-26(28)31)20-14-23-25(17-33-29(23)32-16-20)22-10-6-7-11-27(22)38-4/h6-7,10-11,13-16,21,25,34H,5,8-9,12,17-18H2,1-4H3,(H,32,33). The number of aromatic nitrogens is 1. The van der Waals surface area contributed by atoms with Crippen molar-refractivity contribution in [3.8, 4) is 16.9 Å². The molecule has 0 bridgehead atoms. The Bertz CT molecular complexity index is 1330. The zero-order chi connectivity index (χ0) is 26.8. The molecule has 3 aromatic rings. The van der Waals surface area contributed by atoms with Gasteiger partial charge in [-0.15, -0.1) is 0 Å². The van der Waals surface area contributed by atoms with Crippen LogP contribution in [0.5, 0.6) is 5.75 Å². The highest BCUT2D eigenvalue weighted by atomic mass is 19.1. The van der Waals surface area contributed by atoms with E-state index in [0.717, 1.165) is 60.7 Å². The van der Waals surface area contributed by atoms with Gasteiger partial charge in [0.2, 0.25) is 0 Å². The smallest absolute Gasteiger partial charge is 0.255 e. The Morgan fingerprint density at radius 3 is 2.79 bits per heavy atom. The van der Waals surface area contributed by atoms with Crippen molar-refractivity contribution in [3.63, 3.8) is 0 Å². The fourth-order valence-corrected chi connectivity index (χ4v) is 5.59. The van der Waals surface area contributed by atoms with Crippen molar-refractivity contribution in [3.05, 3.63) is 71.2 Å². The Balaban J connectivity index is 1.52. The number of halogens is 1. The molecule has 0 saturated carbocycles. The summed E-state index contributed by atoms with van der Waals surface area (Å²) in [6.45, 7) is 5.68. The first kappa shape index (κ1) is 26.0. The summed E-state index contributed by atoms with van der Waals surface area (Å²) in [5, 5.41) is 6.76. The lowest BCUT2D eigenvalue weighted by molar-refractivity contribution is 0.0828. The van der Waals surface area contributed by atoms with E-state index in [9.17, 15) is 4.79 Å². The highest BCUT2D eigenvalue weighted by molar-refractivity contribution is 6.01. The SMILES string of the molecule is CCN1CCCC(Nc2c(F)cc(-c3cnc4c(c3)C(c3ccccc3OC)CN4)cc2C(=O)N(C)C)C1. The van der Waals surface area contributed by atoms with Crippen LogP contribution >= 0.6 is 0 Å². The van der Waals surface area contributed by atoms with Crippen LogP contribution in [-0.2, 0) is 0 Å². The van der Waals surface area contributed by atoms with Crippen molar-refractivity contribution < 1.29 is 13.9 Å². The van der Waals surface area contributed by atoms with E-state index < -0.39 is 5.82 Å². The van der Waals surface area contributed by atoms with E-state index in [1.165, 1.54) is 11.0 Å². The zero-order valence-electron chi connectivity index (χ0n) is 22.6. The molecule has 2 atom stereocenters. The van der Waals surface area contributed by atoms with Gasteiger partial charge in [0.1, 0.15) is 17.4 Å². The van der Waals surface area contributed by atoms with Crippen LogP contribution in [0.4, 0.5) is 15.9 Å². The third-order valence-corrected chi connectivity index (χ3v) is 7.64. The second-order valence-electron chi connectivity index (χ2n) is 10.3. The number of ether oxygens (including phenoxy) is 1. The largest absolute Gasteiger partial charge is 0.496 e. The lowest BCUT2D eigenvalue weighted by atomic mass is 9.91. The van der Waals surface area contributed by atoms with E-state index in [2.05, 4.69) is 33.5 Å². The van der Waals surface area contributed by atoms with Crippen molar-refractivity contribution in [2.24, 2.45) is 0 Å². The summed E-state index contributed by atoms with van der Waals surface area (Å²) in [6.07, 6.45) is 3.73. The zero-order valence-corrected chi connectivity index (χ0v) is 22.6. The fraction of sp³-hybridized carbons (Fsp3) is 0.400. The average Bonchev–Trinajstić information content (AvgIpc) is 3.36. The van der Waals surface area contributed by atoms with Gasteiger partial charge in [-0.1, -0.05) is 25.1 Å². The van der Waals surface area contributed by atoms with Crippen molar-refractivity contribution in [1.29, 1.82) is 0 Å². The van der Waals surface area contributed by atoms with Gasteiger partial charge in [0.25, 0.3) is 5.91 Å². The number of benzene rings is 2. The molecule has 8 heteroatoms. The minimum absolute atomic E-state index is 0.0510. The number of hydrogen-bond donors (Lipinski definition) is 2. The molecule has 2 unspecified atom stereocenters. The van der Waals surface area contributed by atoms with Gasteiger partial charge >= 0.3 is 0 Å². The Morgan fingerprint density at radius 1 is 1.21 bits per heavy atom. The molecule has 1 saturated heterocycles. The van der Waals surface area contributed by atoms with Crippen LogP contribution in [0.1, 0.15) is 47.2 Å². The van der Waals surface area contributed by atoms with E-state index in [0.29, 0.717) is 17.7 Å². The molecule has 7 nitrogen and oxygen atoms in total. The molecule has 2 aliphatic heterocycles. The molecule has 2 aromatic carbocycles. The number of amides is 1. The van der Waals surface area contributed by atoms with Gasteiger partial charge in [-0.3, -0.25) is 4.79 Å². The predicted molar refractivity (Wildman–Crippen MR) is 150 cm³/mol. The molecular weight excluding hydrogens is 481 g/mol. The minimum Gasteiger partial charge on any atom is -0.496 e. The van der Waals surface area contributed by atoms with Gasteiger partial charge in [-0.2, -0.15) is 0 Å². The third-order valence-electron chi connectivity index (χ3n) is 7.64. The molecule has 1 amide bonds. The molecule has 2 aliphatic rings. The van der Waals surface area contributed by atoms with Gasteiger partial charge < -0.3 is 25.2 Å². The molecule has 2 N–H and O–H groups in total. The monoisotopic (exact) mass is 517 g/mol. The summed E-state index contributed by atoms with van der Waals surface area (Å²) in [5.41, 5.74) is 4.09. The van der Waals surface area contributed by atoms with E-state index in [4.69, 9.17) is 4.74 Å². The summed E-state index contributed by atoms with van der Waals surface area (Å²) in [7, 11) is 5.05. The Hall–Kier alpha value is -3.65. The van der Waals surface area contributed by atoms with E-state index in [1.54, 1.807) is 33.5 Å². The lowest BCUT2D eigenvalue weighted by Gasteiger charge is -2.33. The number of nitrogens with zero attached hydrogens (tertiary/aromatic N) is 3. The number of nitrogens with one attached hydrogen (secondary N) is 2. The maximum Gasteiger partial charge on any atom is 0.255 e. The molecule has 3 heterocycles. The quantitative estimate of drug-likeness (QED) is 0.457. The first-order valence-electron chi connectivity index (χ1n) is 13.3. The summed E-state index contributed by atoms with van der Waals surface area (Å²) in [5.74, 6) is 1.02. The maximum atomic E-state index is 15.8. The first-order chi connectivity index (χ1) is 18.4. The number of hydrogen-bond acceptors (Lipinski definition) is 6. The molecule has 200 valence electrons. The number of carbonyl (C=O) groups excluding carboxylic acids is 1. The first-order valence-corrected chi connectivity index (χ1v) is 13.3. The van der Waals surface area contributed by atoms with Crippen LogP contribution in [0, 0.1) is 5.82 Å². The number of fused-ring (bicyclic) bond motifs is 1. The van der Waals surface area contributed by atoms with E-state index >= 15 is 4.39 Å². The topological polar surface area (TPSA) is 69.7 Å². The van der Waals surface area contributed by atoms with Crippen molar-refractivity contribution in [1.82, 2.24) is 14.8 Å². The van der Waals surface area contributed by atoms with Gasteiger partial charge in [-0.05, 0) is 55.8 Å². The molecule has 0 aliphatic carbocycles. The number of likely N-dealkylation sites (tertiary alicyclic amines) is 1.